The van der Waals surface area contributed by atoms with Crippen molar-refractivity contribution in [1.82, 2.24) is 10.6 Å². The summed E-state index contributed by atoms with van der Waals surface area (Å²) in [7, 11) is 1.74. The third-order valence-corrected chi connectivity index (χ3v) is 3.61. The molecular weight excluding hydrogens is 277 g/mol. The van der Waals surface area contributed by atoms with Crippen LogP contribution in [0.3, 0.4) is 0 Å². The summed E-state index contributed by atoms with van der Waals surface area (Å²) in [5, 5.41) is 6.53. The van der Waals surface area contributed by atoms with E-state index in [9.17, 15) is 4.39 Å². The Labute approximate surface area is 131 Å². The van der Waals surface area contributed by atoms with E-state index in [0.29, 0.717) is 12.1 Å². The maximum absolute atomic E-state index is 13.3. The number of rotatable bonds is 4. The quantitative estimate of drug-likeness (QED) is 0.671. The molecule has 0 saturated carbocycles. The Morgan fingerprint density at radius 3 is 2.41 bits per heavy atom. The van der Waals surface area contributed by atoms with Crippen molar-refractivity contribution in [2.75, 3.05) is 7.05 Å². The van der Waals surface area contributed by atoms with Crippen molar-refractivity contribution in [2.45, 2.75) is 26.9 Å². The van der Waals surface area contributed by atoms with Crippen LogP contribution in [-0.2, 0) is 13.1 Å². The zero-order chi connectivity index (χ0) is 15.9. The SMILES string of the molecule is CN=C(NCc1ccc(F)c(C)c1)NCc1ccccc1C. The molecule has 2 aromatic rings. The average molecular weight is 299 g/mol. The smallest absolute Gasteiger partial charge is 0.191 e. The van der Waals surface area contributed by atoms with Crippen LogP contribution < -0.4 is 10.6 Å². The highest BCUT2D eigenvalue weighted by atomic mass is 19.1. The Hall–Kier alpha value is -2.36. The van der Waals surface area contributed by atoms with E-state index in [1.807, 2.05) is 18.2 Å². The fraction of sp³-hybridized carbons (Fsp3) is 0.278. The lowest BCUT2D eigenvalue weighted by atomic mass is 10.1. The van der Waals surface area contributed by atoms with E-state index in [2.05, 4.69) is 34.7 Å². The predicted molar refractivity (Wildman–Crippen MR) is 89.4 cm³/mol. The van der Waals surface area contributed by atoms with Crippen LogP contribution in [0.25, 0.3) is 0 Å². The summed E-state index contributed by atoms with van der Waals surface area (Å²) >= 11 is 0. The largest absolute Gasteiger partial charge is 0.352 e. The van der Waals surface area contributed by atoms with Crippen molar-refractivity contribution in [3.05, 3.63) is 70.5 Å². The van der Waals surface area contributed by atoms with Gasteiger partial charge in [-0.3, -0.25) is 4.99 Å². The first-order valence-electron chi connectivity index (χ1n) is 7.34. The number of guanidine groups is 1. The van der Waals surface area contributed by atoms with Gasteiger partial charge in [-0.05, 0) is 42.2 Å². The number of benzene rings is 2. The molecule has 0 radical (unpaired) electrons. The molecule has 0 saturated heterocycles. The molecule has 116 valence electrons. The summed E-state index contributed by atoms with van der Waals surface area (Å²) < 4.78 is 13.3. The fourth-order valence-corrected chi connectivity index (χ4v) is 2.21. The van der Waals surface area contributed by atoms with Crippen molar-refractivity contribution in [3.63, 3.8) is 0 Å². The molecule has 0 aliphatic rings. The molecule has 0 fully saturated rings. The average Bonchev–Trinajstić information content (AvgIpc) is 2.52. The van der Waals surface area contributed by atoms with Crippen molar-refractivity contribution < 1.29 is 4.39 Å². The van der Waals surface area contributed by atoms with Gasteiger partial charge in [0, 0.05) is 20.1 Å². The molecule has 2 N–H and O–H groups in total. The van der Waals surface area contributed by atoms with Gasteiger partial charge >= 0.3 is 0 Å². The Bertz CT molecular complexity index is 665. The number of nitrogens with one attached hydrogen (secondary N) is 2. The zero-order valence-corrected chi connectivity index (χ0v) is 13.3. The molecule has 0 aliphatic heterocycles. The Morgan fingerprint density at radius 2 is 1.73 bits per heavy atom. The Balaban J connectivity index is 1.90. The molecule has 0 amide bonds. The van der Waals surface area contributed by atoms with Crippen LogP contribution in [0, 0.1) is 19.7 Å². The maximum Gasteiger partial charge on any atom is 0.191 e. The highest BCUT2D eigenvalue weighted by molar-refractivity contribution is 5.79. The van der Waals surface area contributed by atoms with Crippen LogP contribution in [0.15, 0.2) is 47.5 Å². The highest BCUT2D eigenvalue weighted by Crippen LogP contribution is 2.09. The predicted octanol–water partition coefficient (Wildman–Crippen LogP) is 3.31. The van der Waals surface area contributed by atoms with Crippen LogP contribution in [-0.4, -0.2) is 13.0 Å². The summed E-state index contributed by atoms with van der Waals surface area (Å²) in [4.78, 5) is 4.21. The van der Waals surface area contributed by atoms with Gasteiger partial charge in [-0.15, -0.1) is 0 Å². The minimum Gasteiger partial charge on any atom is -0.352 e. The first-order chi connectivity index (χ1) is 10.6. The van der Waals surface area contributed by atoms with Crippen LogP contribution in [0.1, 0.15) is 22.3 Å². The topological polar surface area (TPSA) is 36.4 Å². The fourth-order valence-electron chi connectivity index (χ4n) is 2.21. The van der Waals surface area contributed by atoms with Gasteiger partial charge in [0.25, 0.3) is 0 Å². The van der Waals surface area contributed by atoms with Crippen molar-refractivity contribution >= 4 is 5.96 Å². The van der Waals surface area contributed by atoms with Gasteiger partial charge in [-0.2, -0.15) is 0 Å². The lowest BCUT2D eigenvalue weighted by Gasteiger charge is -2.13. The number of hydrogen-bond donors (Lipinski definition) is 2. The number of aryl methyl sites for hydroxylation is 2. The second-order valence-corrected chi connectivity index (χ2v) is 5.29. The maximum atomic E-state index is 13.3. The van der Waals surface area contributed by atoms with Crippen LogP contribution in [0.4, 0.5) is 4.39 Å². The molecule has 22 heavy (non-hydrogen) atoms. The molecule has 0 bridgehead atoms. The molecule has 0 aliphatic carbocycles. The van der Waals surface area contributed by atoms with E-state index in [0.717, 1.165) is 18.1 Å². The Morgan fingerprint density at radius 1 is 1.00 bits per heavy atom. The number of halogens is 1. The van der Waals surface area contributed by atoms with E-state index in [1.54, 1.807) is 20.0 Å². The molecular formula is C18H22FN3. The van der Waals surface area contributed by atoms with Gasteiger partial charge in [0.15, 0.2) is 5.96 Å². The van der Waals surface area contributed by atoms with Gasteiger partial charge in [-0.25, -0.2) is 4.39 Å². The summed E-state index contributed by atoms with van der Waals surface area (Å²) in [5.74, 6) is 0.552. The van der Waals surface area contributed by atoms with Crippen LogP contribution in [0.5, 0.6) is 0 Å². The monoisotopic (exact) mass is 299 g/mol. The highest BCUT2D eigenvalue weighted by Gasteiger charge is 2.02. The second-order valence-electron chi connectivity index (χ2n) is 5.29. The van der Waals surface area contributed by atoms with E-state index in [-0.39, 0.29) is 5.82 Å². The standard InChI is InChI=1S/C18H22FN3/c1-13-6-4-5-7-16(13)12-22-18(20-3)21-11-15-8-9-17(19)14(2)10-15/h4-10H,11-12H2,1-3H3,(H2,20,21,22). The third kappa shape index (κ3) is 4.32. The molecule has 4 heteroatoms. The van der Waals surface area contributed by atoms with E-state index in [4.69, 9.17) is 0 Å². The van der Waals surface area contributed by atoms with Gasteiger partial charge in [0.1, 0.15) is 5.82 Å². The van der Waals surface area contributed by atoms with Crippen molar-refractivity contribution in [2.24, 2.45) is 4.99 Å². The molecule has 0 spiro atoms. The minimum atomic E-state index is -0.175. The number of aliphatic imine (C=N–C) groups is 1. The van der Waals surface area contributed by atoms with Crippen molar-refractivity contribution in [1.29, 1.82) is 0 Å². The van der Waals surface area contributed by atoms with E-state index in [1.165, 1.54) is 17.2 Å². The lowest BCUT2D eigenvalue weighted by Crippen LogP contribution is -2.36. The van der Waals surface area contributed by atoms with E-state index >= 15 is 0 Å². The van der Waals surface area contributed by atoms with Gasteiger partial charge < -0.3 is 10.6 Å². The third-order valence-electron chi connectivity index (χ3n) is 3.61. The van der Waals surface area contributed by atoms with E-state index < -0.39 is 0 Å². The Kier molecular flexibility index (Phi) is 5.53. The minimum absolute atomic E-state index is 0.175. The van der Waals surface area contributed by atoms with Gasteiger partial charge in [0.2, 0.25) is 0 Å². The number of nitrogens with zero attached hydrogens (tertiary/aromatic N) is 1. The summed E-state index contributed by atoms with van der Waals surface area (Å²) in [6.07, 6.45) is 0. The second kappa shape index (κ2) is 7.59. The summed E-state index contributed by atoms with van der Waals surface area (Å²) in [6, 6.07) is 13.4. The molecule has 2 aromatic carbocycles. The van der Waals surface area contributed by atoms with Crippen LogP contribution in [0.2, 0.25) is 0 Å². The summed E-state index contributed by atoms with van der Waals surface area (Å²) in [5.41, 5.74) is 4.17. The molecule has 0 atom stereocenters. The van der Waals surface area contributed by atoms with Gasteiger partial charge in [0.05, 0.1) is 0 Å². The van der Waals surface area contributed by atoms with Gasteiger partial charge in [-0.1, -0.05) is 36.4 Å². The normalized spacial score (nSPS) is 11.4. The first-order valence-corrected chi connectivity index (χ1v) is 7.34. The molecule has 2 rings (SSSR count). The molecule has 0 heterocycles. The molecule has 0 unspecified atom stereocenters. The first kappa shape index (κ1) is 16.0. The molecule has 0 aromatic heterocycles. The lowest BCUT2D eigenvalue weighted by molar-refractivity contribution is 0.617. The molecule has 3 nitrogen and oxygen atoms in total. The van der Waals surface area contributed by atoms with Crippen molar-refractivity contribution in [3.8, 4) is 0 Å². The number of hydrogen-bond acceptors (Lipinski definition) is 1. The summed E-state index contributed by atoms with van der Waals surface area (Å²) in [6.45, 7) is 5.18. The van der Waals surface area contributed by atoms with Crippen LogP contribution >= 0.6 is 0 Å². The zero-order valence-electron chi connectivity index (χ0n) is 13.3.